The highest BCUT2D eigenvalue weighted by molar-refractivity contribution is 7.15. The van der Waals surface area contributed by atoms with Crippen LogP contribution in [0.1, 0.15) is 26.7 Å². The van der Waals surface area contributed by atoms with E-state index in [1.807, 2.05) is 65.2 Å². The predicted octanol–water partition coefficient (Wildman–Crippen LogP) is 3.90. The van der Waals surface area contributed by atoms with Crippen molar-refractivity contribution >= 4 is 33.8 Å². The van der Waals surface area contributed by atoms with Gasteiger partial charge in [0, 0.05) is 53.9 Å². The van der Waals surface area contributed by atoms with Gasteiger partial charge in [-0.05, 0) is 25.0 Å². The van der Waals surface area contributed by atoms with Crippen LogP contribution in [0.2, 0.25) is 0 Å². The lowest BCUT2D eigenvalue weighted by Gasteiger charge is -2.32. The number of carbonyl (C=O) groups excluding carboxylic acids is 2. The number of aromatic nitrogens is 2. The number of likely N-dealkylation sites (tertiary alicyclic amines) is 1. The van der Waals surface area contributed by atoms with Crippen molar-refractivity contribution < 1.29 is 9.59 Å². The quantitative estimate of drug-likeness (QED) is 0.727. The summed E-state index contributed by atoms with van der Waals surface area (Å²) in [5.41, 5.74) is 2.73. The van der Waals surface area contributed by atoms with Crippen LogP contribution in [-0.2, 0) is 9.59 Å². The molecule has 0 radical (unpaired) electrons. The number of benzene rings is 1. The zero-order valence-electron chi connectivity index (χ0n) is 16.1. The summed E-state index contributed by atoms with van der Waals surface area (Å²) in [6, 6.07) is 7.79. The highest BCUT2D eigenvalue weighted by atomic mass is 32.1. The Morgan fingerprint density at radius 3 is 2.54 bits per heavy atom. The molecule has 1 saturated heterocycles. The van der Waals surface area contributed by atoms with Crippen molar-refractivity contribution in [1.82, 2.24) is 14.3 Å². The van der Waals surface area contributed by atoms with Crippen molar-refractivity contribution in [3.8, 4) is 11.3 Å². The number of amides is 2. The molecule has 0 bridgehead atoms. The molecule has 2 amide bonds. The van der Waals surface area contributed by atoms with Gasteiger partial charge in [0.15, 0.2) is 4.96 Å². The molecule has 3 aromatic rings. The Kier molecular flexibility index (Phi) is 5.17. The molecule has 28 heavy (non-hydrogen) atoms. The third-order valence-corrected chi connectivity index (χ3v) is 5.98. The average Bonchev–Trinajstić information content (AvgIpc) is 3.30. The summed E-state index contributed by atoms with van der Waals surface area (Å²) >= 11 is 1.60. The molecule has 1 fully saturated rings. The predicted molar refractivity (Wildman–Crippen MR) is 111 cm³/mol. The van der Waals surface area contributed by atoms with Crippen molar-refractivity contribution in [3.63, 3.8) is 0 Å². The normalized spacial score (nSPS) is 15.3. The van der Waals surface area contributed by atoms with Crippen molar-refractivity contribution in [2.75, 3.05) is 18.4 Å². The highest BCUT2D eigenvalue weighted by Crippen LogP contribution is 2.24. The Hall–Kier alpha value is -2.67. The Labute approximate surface area is 168 Å². The molecule has 0 saturated carbocycles. The van der Waals surface area contributed by atoms with Gasteiger partial charge in [0.05, 0.1) is 5.69 Å². The number of anilines is 1. The molecule has 0 aliphatic carbocycles. The van der Waals surface area contributed by atoms with E-state index in [9.17, 15) is 9.59 Å². The molecule has 1 aliphatic heterocycles. The second-order valence-corrected chi connectivity index (χ2v) is 8.41. The number of hydrogen-bond acceptors (Lipinski definition) is 4. The molecule has 0 spiro atoms. The van der Waals surface area contributed by atoms with Gasteiger partial charge in [-0.15, -0.1) is 11.3 Å². The van der Waals surface area contributed by atoms with Crippen molar-refractivity contribution in [2.45, 2.75) is 26.7 Å². The van der Waals surface area contributed by atoms with E-state index >= 15 is 0 Å². The van der Waals surface area contributed by atoms with Gasteiger partial charge < -0.3 is 10.2 Å². The molecule has 4 rings (SSSR count). The minimum absolute atomic E-state index is 0.00925. The van der Waals surface area contributed by atoms with Gasteiger partial charge in [0.25, 0.3) is 0 Å². The minimum Gasteiger partial charge on any atom is -0.342 e. The summed E-state index contributed by atoms with van der Waals surface area (Å²) < 4.78 is 2.01. The van der Waals surface area contributed by atoms with Crippen LogP contribution in [-0.4, -0.2) is 39.2 Å². The van der Waals surface area contributed by atoms with Gasteiger partial charge in [-0.3, -0.25) is 14.0 Å². The topological polar surface area (TPSA) is 66.7 Å². The maximum Gasteiger partial charge on any atom is 0.227 e. The third-order valence-electron chi connectivity index (χ3n) is 5.21. The van der Waals surface area contributed by atoms with E-state index in [4.69, 9.17) is 0 Å². The van der Waals surface area contributed by atoms with Crippen molar-refractivity contribution in [2.24, 2.45) is 11.8 Å². The largest absolute Gasteiger partial charge is 0.342 e. The van der Waals surface area contributed by atoms with Crippen LogP contribution in [0.15, 0.2) is 42.0 Å². The van der Waals surface area contributed by atoms with E-state index in [0.29, 0.717) is 25.9 Å². The third kappa shape index (κ3) is 3.80. The fourth-order valence-electron chi connectivity index (χ4n) is 3.56. The number of rotatable bonds is 4. The first-order valence-corrected chi connectivity index (χ1v) is 10.5. The summed E-state index contributed by atoms with van der Waals surface area (Å²) in [4.78, 5) is 32.1. The summed E-state index contributed by atoms with van der Waals surface area (Å²) in [7, 11) is 0. The maximum absolute atomic E-state index is 12.6. The van der Waals surface area contributed by atoms with Crippen LogP contribution in [0.25, 0.3) is 16.2 Å². The van der Waals surface area contributed by atoms with Gasteiger partial charge in [-0.2, -0.15) is 0 Å². The number of nitrogens with one attached hydrogen (secondary N) is 1. The van der Waals surface area contributed by atoms with E-state index in [2.05, 4.69) is 10.3 Å². The molecule has 0 atom stereocenters. The van der Waals surface area contributed by atoms with Gasteiger partial charge in [0.1, 0.15) is 0 Å². The van der Waals surface area contributed by atoms with Crippen LogP contribution in [0, 0.1) is 11.8 Å². The van der Waals surface area contributed by atoms with E-state index in [0.717, 1.165) is 21.9 Å². The van der Waals surface area contributed by atoms with Gasteiger partial charge >= 0.3 is 0 Å². The van der Waals surface area contributed by atoms with Crippen LogP contribution in [0.3, 0.4) is 0 Å². The van der Waals surface area contributed by atoms with Crippen LogP contribution in [0.4, 0.5) is 5.69 Å². The van der Waals surface area contributed by atoms with Crippen molar-refractivity contribution in [1.29, 1.82) is 0 Å². The van der Waals surface area contributed by atoms with Gasteiger partial charge in [0.2, 0.25) is 11.8 Å². The summed E-state index contributed by atoms with van der Waals surface area (Å²) in [6.45, 7) is 5.15. The number of thiazole rings is 1. The smallest absolute Gasteiger partial charge is 0.227 e. The van der Waals surface area contributed by atoms with Crippen LogP contribution >= 0.6 is 11.3 Å². The van der Waals surface area contributed by atoms with E-state index in [1.165, 1.54) is 0 Å². The zero-order valence-corrected chi connectivity index (χ0v) is 16.9. The first-order chi connectivity index (χ1) is 13.5. The van der Waals surface area contributed by atoms with E-state index in [-0.39, 0.29) is 23.7 Å². The number of fused-ring (bicyclic) bond motifs is 1. The number of nitrogens with zero attached hydrogens (tertiary/aromatic N) is 3. The number of carbonyl (C=O) groups is 2. The Balaban J connectivity index is 1.35. The second kappa shape index (κ2) is 7.75. The SMILES string of the molecule is CC(C)C(=O)N1CCC(C(=O)Nc2ccc(-c3cn4ccsc4n3)cc2)CC1. The fourth-order valence-corrected chi connectivity index (χ4v) is 4.26. The van der Waals surface area contributed by atoms with E-state index < -0.39 is 0 Å². The van der Waals surface area contributed by atoms with Gasteiger partial charge in [-0.25, -0.2) is 4.98 Å². The zero-order chi connectivity index (χ0) is 19.7. The Morgan fingerprint density at radius 2 is 1.89 bits per heavy atom. The Bertz CT molecular complexity index is 953. The van der Waals surface area contributed by atoms with Crippen LogP contribution in [0.5, 0.6) is 0 Å². The lowest BCUT2D eigenvalue weighted by atomic mass is 9.95. The fraction of sp³-hybridized carbons (Fsp3) is 0.381. The molecule has 0 unspecified atom stereocenters. The second-order valence-electron chi connectivity index (χ2n) is 7.54. The molecule has 1 aliphatic rings. The minimum atomic E-state index is -0.0455. The molecule has 1 N–H and O–H groups in total. The number of hydrogen-bond donors (Lipinski definition) is 1. The molecule has 2 aromatic heterocycles. The lowest BCUT2D eigenvalue weighted by molar-refractivity contribution is -0.137. The molecule has 146 valence electrons. The average molecular weight is 397 g/mol. The molecule has 6 nitrogen and oxygen atoms in total. The number of piperidine rings is 1. The van der Waals surface area contributed by atoms with E-state index in [1.54, 1.807) is 11.3 Å². The maximum atomic E-state index is 12.6. The van der Waals surface area contributed by atoms with Crippen molar-refractivity contribution in [3.05, 3.63) is 42.0 Å². The summed E-state index contributed by atoms with van der Waals surface area (Å²) in [6.07, 6.45) is 5.43. The monoisotopic (exact) mass is 396 g/mol. The summed E-state index contributed by atoms with van der Waals surface area (Å²) in [5, 5.41) is 5.02. The standard InChI is InChI=1S/C21H24N4O2S/c1-14(2)20(27)24-9-7-16(8-10-24)19(26)22-17-5-3-15(4-6-17)18-13-25-11-12-28-21(25)23-18/h3-6,11-14,16H,7-10H2,1-2H3,(H,22,26). The molecule has 3 heterocycles. The molecular weight excluding hydrogens is 372 g/mol. The molecule has 7 heteroatoms. The molecular formula is C21H24N4O2S. The lowest BCUT2D eigenvalue weighted by Crippen LogP contribution is -2.43. The summed E-state index contributed by atoms with van der Waals surface area (Å²) in [5.74, 6) is 0.173. The van der Waals surface area contributed by atoms with Gasteiger partial charge in [-0.1, -0.05) is 26.0 Å². The number of imidazole rings is 1. The highest BCUT2D eigenvalue weighted by Gasteiger charge is 2.28. The van der Waals surface area contributed by atoms with Crippen LogP contribution < -0.4 is 5.32 Å². The molecule has 1 aromatic carbocycles. The first kappa shape index (κ1) is 18.7. The first-order valence-electron chi connectivity index (χ1n) is 9.63. The Morgan fingerprint density at radius 1 is 1.18 bits per heavy atom.